The average Bonchev–Trinajstić information content (AvgIpc) is 2.68. The van der Waals surface area contributed by atoms with E-state index in [9.17, 15) is 19.8 Å². The summed E-state index contributed by atoms with van der Waals surface area (Å²) in [6.07, 6.45) is 2.65. The van der Waals surface area contributed by atoms with Gasteiger partial charge in [-0.3, -0.25) is 0 Å². The van der Waals surface area contributed by atoms with Gasteiger partial charge in [0, 0.05) is 30.0 Å². The maximum Gasteiger partial charge on any atom is 0.336 e. The van der Waals surface area contributed by atoms with E-state index in [0.717, 1.165) is 10.9 Å². The molecule has 1 aliphatic rings. The van der Waals surface area contributed by atoms with E-state index in [1.165, 1.54) is 30.4 Å². The molecule has 4 rings (SSSR count). The summed E-state index contributed by atoms with van der Waals surface area (Å²) < 4.78 is 16.9. The van der Waals surface area contributed by atoms with Gasteiger partial charge in [-0.15, -0.1) is 0 Å². The number of hydrogen-bond donors (Lipinski definition) is 2. The second-order valence-electron chi connectivity index (χ2n) is 7.67. The van der Waals surface area contributed by atoms with Crippen molar-refractivity contribution < 1.29 is 28.9 Å². The summed E-state index contributed by atoms with van der Waals surface area (Å²) in [6.45, 7) is 3.64. The number of carbonyl (C=O) groups excluding carboxylic acids is 1. The molecule has 1 aliphatic heterocycles. The van der Waals surface area contributed by atoms with Crippen LogP contribution in [0.5, 0.6) is 17.2 Å². The smallest absolute Gasteiger partial charge is 0.336 e. The highest BCUT2D eigenvalue weighted by atomic mass is 16.6. The van der Waals surface area contributed by atoms with Crippen molar-refractivity contribution in [1.82, 2.24) is 0 Å². The molecule has 3 aromatic rings. The number of carbonyl (C=O) groups is 1. The van der Waals surface area contributed by atoms with Crippen LogP contribution >= 0.6 is 0 Å². The third-order valence-electron chi connectivity index (χ3n) is 5.03. The van der Waals surface area contributed by atoms with Crippen molar-refractivity contribution in [2.24, 2.45) is 0 Å². The molecule has 0 bridgehead atoms. The zero-order chi connectivity index (χ0) is 21.5. The first-order valence-corrected chi connectivity index (χ1v) is 9.38. The molecular weight excluding hydrogens is 388 g/mol. The van der Waals surface area contributed by atoms with Crippen LogP contribution in [0, 0.1) is 0 Å². The first-order chi connectivity index (χ1) is 14.2. The third kappa shape index (κ3) is 3.87. The van der Waals surface area contributed by atoms with E-state index in [0.29, 0.717) is 23.3 Å². The number of aromatic hydroxyl groups is 2. The van der Waals surface area contributed by atoms with E-state index < -0.39 is 23.3 Å². The number of rotatable bonds is 3. The van der Waals surface area contributed by atoms with E-state index in [4.69, 9.17) is 13.9 Å². The molecule has 0 saturated heterocycles. The molecule has 2 heterocycles. The SMILES string of the molecule is CC1(C)Oc2cc3oc(=O)ccc3cc2C[C@H]1OC(=O)C=Cc1ccc(O)c(O)c1. The summed E-state index contributed by atoms with van der Waals surface area (Å²) in [7, 11) is 0. The van der Waals surface area contributed by atoms with Crippen LogP contribution in [0.15, 0.2) is 57.8 Å². The Labute approximate surface area is 171 Å². The highest BCUT2D eigenvalue weighted by Gasteiger charge is 2.39. The highest BCUT2D eigenvalue weighted by molar-refractivity contribution is 5.87. The zero-order valence-corrected chi connectivity index (χ0v) is 16.4. The van der Waals surface area contributed by atoms with Gasteiger partial charge < -0.3 is 24.1 Å². The monoisotopic (exact) mass is 408 g/mol. The Kier molecular flexibility index (Phi) is 4.73. The second kappa shape index (κ2) is 7.26. The van der Waals surface area contributed by atoms with Crippen LogP contribution in [0.25, 0.3) is 17.0 Å². The van der Waals surface area contributed by atoms with Crippen LogP contribution in [-0.2, 0) is 16.0 Å². The van der Waals surface area contributed by atoms with E-state index in [1.807, 2.05) is 19.9 Å². The van der Waals surface area contributed by atoms with Gasteiger partial charge in [0.25, 0.3) is 0 Å². The molecule has 7 heteroatoms. The lowest BCUT2D eigenvalue weighted by Crippen LogP contribution is -2.48. The minimum atomic E-state index is -0.796. The summed E-state index contributed by atoms with van der Waals surface area (Å²) in [5.41, 5.74) is 0.599. The maximum absolute atomic E-state index is 12.4. The van der Waals surface area contributed by atoms with Gasteiger partial charge >= 0.3 is 11.6 Å². The number of fused-ring (bicyclic) bond motifs is 2. The Balaban J connectivity index is 1.54. The molecule has 0 fully saturated rings. The van der Waals surface area contributed by atoms with Crippen LogP contribution in [0.2, 0.25) is 0 Å². The second-order valence-corrected chi connectivity index (χ2v) is 7.67. The standard InChI is InChI=1S/C23H20O7/c1-23(2)20(29-22(27)7-4-13-3-6-16(24)17(25)9-13)11-15-10-14-5-8-21(26)28-18(14)12-19(15)30-23/h3-10,12,20,24-25H,11H2,1-2H3/t20-/m1/s1. The minimum Gasteiger partial charge on any atom is -0.504 e. The van der Waals surface area contributed by atoms with Crippen molar-refractivity contribution in [3.8, 4) is 17.2 Å². The Bertz CT molecular complexity index is 1220. The fourth-order valence-corrected chi connectivity index (χ4v) is 3.36. The first-order valence-electron chi connectivity index (χ1n) is 9.38. The molecule has 30 heavy (non-hydrogen) atoms. The van der Waals surface area contributed by atoms with Gasteiger partial charge in [-0.05, 0) is 55.3 Å². The van der Waals surface area contributed by atoms with Crippen LogP contribution in [-0.4, -0.2) is 27.9 Å². The van der Waals surface area contributed by atoms with Gasteiger partial charge in [-0.2, -0.15) is 0 Å². The summed E-state index contributed by atoms with van der Waals surface area (Å²) in [6, 6.07) is 10.8. The third-order valence-corrected chi connectivity index (χ3v) is 5.03. The Morgan fingerprint density at radius 1 is 1.13 bits per heavy atom. The van der Waals surface area contributed by atoms with Crippen molar-refractivity contribution in [2.45, 2.75) is 32.0 Å². The van der Waals surface area contributed by atoms with Gasteiger partial charge in [-0.1, -0.05) is 6.07 Å². The fourth-order valence-electron chi connectivity index (χ4n) is 3.36. The Morgan fingerprint density at radius 2 is 1.93 bits per heavy atom. The van der Waals surface area contributed by atoms with Crippen LogP contribution < -0.4 is 10.4 Å². The molecule has 7 nitrogen and oxygen atoms in total. The van der Waals surface area contributed by atoms with Crippen molar-refractivity contribution in [3.63, 3.8) is 0 Å². The molecule has 0 saturated carbocycles. The summed E-state index contributed by atoms with van der Waals surface area (Å²) in [5, 5.41) is 19.6. The van der Waals surface area contributed by atoms with E-state index in [-0.39, 0.29) is 11.5 Å². The first kappa shape index (κ1) is 19.6. The largest absolute Gasteiger partial charge is 0.504 e. The van der Waals surface area contributed by atoms with Crippen molar-refractivity contribution in [3.05, 3.63) is 70.1 Å². The number of ether oxygens (including phenoxy) is 2. The topological polar surface area (TPSA) is 106 Å². The van der Waals surface area contributed by atoms with Crippen molar-refractivity contribution in [2.75, 3.05) is 0 Å². The Morgan fingerprint density at radius 3 is 2.70 bits per heavy atom. The van der Waals surface area contributed by atoms with E-state index >= 15 is 0 Å². The fraction of sp³-hybridized carbons (Fsp3) is 0.217. The summed E-state index contributed by atoms with van der Waals surface area (Å²) in [4.78, 5) is 23.8. The molecule has 0 radical (unpaired) electrons. The average molecular weight is 408 g/mol. The van der Waals surface area contributed by atoms with Gasteiger partial charge in [-0.25, -0.2) is 9.59 Å². The molecule has 2 N–H and O–H groups in total. The van der Waals surface area contributed by atoms with Crippen molar-refractivity contribution in [1.29, 1.82) is 0 Å². The molecular formula is C23H20O7. The van der Waals surface area contributed by atoms with Gasteiger partial charge in [0.15, 0.2) is 11.5 Å². The van der Waals surface area contributed by atoms with Crippen LogP contribution in [0.4, 0.5) is 0 Å². The molecule has 0 unspecified atom stereocenters. The number of phenols is 2. The van der Waals surface area contributed by atoms with Gasteiger partial charge in [0.05, 0.1) is 0 Å². The molecule has 154 valence electrons. The highest BCUT2D eigenvalue weighted by Crippen LogP contribution is 2.37. The molecule has 0 amide bonds. The summed E-state index contributed by atoms with van der Waals surface area (Å²) >= 11 is 0. The molecule has 2 aromatic carbocycles. The number of benzene rings is 2. The van der Waals surface area contributed by atoms with Crippen LogP contribution in [0.1, 0.15) is 25.0 Å². The van der Waals surface area contributed by atoms with E-state index in [1.54, 1.807) is 18.2 Å². The molecule has 0 aliphatic carbocycles. The predicted molar refractivity (Wildman–Crippen MR) is 110 cm³/mol. The van der Waals surface area contributed by atoms with Crippen molar-refractivity contribution >= 4 is 23.0 Å². The lowest BCUT2D eigenvalue weighted by Gasteiger charge is -2.39. The molecule has 1 atom stereocenters. The molecule has 0 spiro atoms. The van der Waals surface area contributed by atoms with Crippen LogP contribution in [0.3, 0.4) is 0 Å². The summed E-state index contributed by atoms with van der Waals surface area (Å²) in [5.74, 6) is -0.475. The predicted octanol–water partition coefficient (Wildman–Crippen LogP) is 3.54. The lowest BCUT2D eigenvalue weighted by molar-refractivity contribution is -0.155. The number of hydrogen-bond acceptors (Lipinski definition) is 7. The Hall–Kier alpha value is -3.74. The minimum absolute atomic E-state index is 0.235. The number of esters is 1. The van der Waals surface area contributed by atoms with Gasteiger partial charge in [0.2, 0.25) is 0 Å². The van der Waals surface area contributed by atoms with Gasteiger partial charge in [0.1, 0.15) is 23.0 Å². The molecule has 1 aromatic heterocycles. The quantitative estimate of drug-likeness (QED) is 0.295. The lowest BCUT2D eigenvalue weighted by atomic mass is 9.90. The zero-order valence-electron chi connectivity index (χ0n) is 16.4. The number of phenolic OH excluding ortho intramolecular Hbond substituents is 2. The maximum atomic E-state index is 12.4. The normalized spacial score (nSPS) is 17.5. The van der Waals surface area contributed by atoms with E-state index in [2.05, 4.69) is 0 Å².